The van der Waals surface area contributed by atoms with Crippen LogP contribution in [-0.4, -0.2) is 42.1 Å². The Morgan fingerprint density at radius 1 is 1.26 bits per heavy atom. The Labute approximate surface area is 196 Å². The number of rotatable bonds is 3. The lowest BCUT2D eigenvalue weighted by molar-refractivity contribution is -0.137. The number of imidazole rings is 1. The number of aryl methyl sites for hydroxylation is 1. The topological polar surface area (TPSA) is 79.7 Å². The van der Waals surface area contributed by atoms with Crippen molar-refractivity contribution in [1.29, 1.82) is 0 Å². The first-order valence-electron chi connectivity index (χ1n) is 10.7. The number of alkyl halides is 3. The summed E-state index contributed by atoms with van der Waals surface area (Å²) >= 11 is 5.89. The normalized spacial score (nSPS) is 21.8. The van der Waals surface area contributed by atoms with E-state index in [-0.39, 0.29) is 23.0 Å². The molecule has 2 fully saturated rings. The molecule has 1 saturated heterocycles. The number of fused-ring (bicyclic) bond motifs is 2. The minimum absolute atomic E-state index is 0.164. The van der Waals surface area contributed by atoms with Crippen LogP contribution in [0.2, 0.25) is 5.02 Å². The molecule has 0 unspecified atom stereocenters. The van der Waals surface area contributed by atoms with Gasteiger partial charge in [-0.2, -0.15) is 18.3 Å². The fourth-order valence-corrected chi connectivity index (χ4v) is 5.33. The lowest BCUT2D eigenvalue weighted by Gasteiger charge is -2.27. The number of piperidine rings is 1. The van der Waals surface area contributed by atoms with Crippen molar-refractivity contribution in [2.24, 2.45) is 5.92 Å². The second-order valence-electron chi connectivity index (χ2n) is 8.77. The third-order valence-corrected chi connectivity index (χ3v) is 7.07. The van der Waals surface area contributed by atoms with Gasteiger partial charge in [-0.1, -0.05) is 11.6 Å². The first kappa shape index (κ1) is 21.2. The summed E-state index contributed by atoms with van der Waals surface area (Å²) < 4.78 is 41.6. The van der Waals surface area contributed by atoms with Crippen LogP contribution >= 0.6 is 11.6 Å². The number of aromatic nitrogens is 5. The molecule has 174 valence electrons. The Kier molecular flexibility index (Phi) is 4.39. The molecule has 1 aliphatic carbocycles. The van der Waals surface area contributed by atoms with E-state index in [2.05, 4.69) is 20.1 Å². The fourth-order valence-electron chi connectivity index (χ4n) is 5.06. The number of nitrogens with zero attached hydrogens (tertiary/aromatic N) is 5. The number of nitrogens with one attached hydrogen (secondary N) is 1. The molecule has 2 atom stereocenters. The van der Waals surface area contributed by atoms with Crippen LogP contribution in [0.25, 0.3) is 16.7 Å². The second-order valence-corrected chi connectivity index (χ2v) is 9.18. The highest BCUT2D eigenvalue weighted by Gasteiger charge is 2.66. The molecule has 4 aromatic rings. The Morgan fingerprint density at radius 3 is 2.79 bits per heavy atom. The molecule has 1 saturated carbocycles. The Hall–Kier alpha value is -3.40. The zero-order chi connectivity index (χ0) is 23.8. The standard InChI is InChI=1S/C23H18ClF3N6O/c1-12-3-4-18(33-7-2-6-28-33)19(29-12)20(34)32-8-5-13-11-22(13,32)21-30-16-9-14(23(25,26)27)15(24)10-17(16)31-21/h2-4,6-7,9-10,13H,5,8,11H2,1H3,(H,30,31)/t13-,22+/m1/s1. The average molecular weight is 487 g/mol. The highest BCUT2D eigenvalue weighted by Crippen LogP contribution is 2.62. The van der Waals surface area contributed by atoms with Crippen molar-refractivity contribution in [3.63, 3.8) is 0 Å². The minimum Gasteiger partial charge on any atom is -0.340 e. The van der Waals surface area contributed by atoms with E-state index in [1.807, 2.05) is 13.0 Å². The van der Waals surface area contributed by atoms with Crippen molar-refractivity contribution in [3.8, 4) is 5.69 Å². The summed E-state index contributed by atoms with van der Waals surface area (Å²) in [5, 5.41) is 3.84. The smallest absolute Gasteiger partial charge is 0.340 e. The van der Waals surface area contributed by atoms with E-state index >= 15 is 0 Å². The first-order valence-corrected chi connectivity index (χ1v) is 11.1. The molecule has 1 aliphatic heterocycles. The summed E-state index contributed by atoms with van der Waals surface area (Å²) in [6.45, 7) is 2.31. The molecule has 4 heterocycles. The maximum absolute atomic E-state index is 13.8. The van der Waals surface area contributed by atoms with E-state index in [4.69, 9.17) is 11.6 Å². The van der Waals surface area contributed by atoms with E-state index in [0.29, 0.717) is 35.7 Å². The predicted molar refractivity (Wildman–Crippen MR) is 118 cm³/mol. The van der Waals surface area contributed by atoms with Crippen LogP contribution in [0.1, 0.15) is 40.4 Å². The summed E-state index contributed by atoms with van der Waals surface area (Å²) in [6, 6.07) is 7.57. The molecular weight excluding hydrogens is 469 g/mol. The molecule has 0 spiro atoms. The monoisotopic (exact) mass is 486 g/mol. The number of amides is 1. The van der Waals surface area contributed by atoms with E-state index in [1.54, 1.807) is 34.1 Å². The van der Waals surface area contributed by atoms with E-state index < -0.39 is 22.3 Å². The van der Waals surface area contributed by atoms with Crippen molar-refractivity contribution in [2.45, 2.75) is 31.5 Å². The van der Waals surface area contributed by atoms with Crippen molar-refractivity contribution in [2.75, 3.05) is 6.54 Å². The van der Waals surface area contributed by atoms with Crippen molar-refractivity contribution >= 4 is 28.5 Å². The van der Waals surface area contributed by atoms with Gasteiger partial charge in [-0.15, -0.1) is 0 Å². The molecular formula is C23H18ClF3N6O. The van der Waals surface area contributed by atoms with Gasteiger partial charge in [0.2, 0.25) is 0 Å². The fraction of sp³-hybridized carbons (Fsp3) is 0.304. The highest BCUT2D eigenvalue weighted by atomic mass is 35.5. The number of halogens is 4. The molecule has 0 radical (unpaired) electrons. The molecule has 1 aromatic carbocycles. The molecule has 6 rings (SSSR count). The van der Waals surface area contributed by atoms with Gasteiger partial charge in [-0.3, -0.25) is 4.79 Å². The predicted octanol–water partition coefficient (Wildman–Crippen LogP) is 4.89. The molecule has 11 heteroatoms. The van der Waals surface area contributed by atoms with Crippen LogP contribution < -0.4 is 0 Å². The van der Waals surface area contributed by atoms with Crippen LogP contribution in [0.15, 0.2) is 42.7 Å². The van der Waals surface area contributed by atoms with Gasteiger partial charge in [0.1, 0.15) is 11.4 Å². The van der Waals surface area contributed by atoms with Crippen LogP contribution in [0.5, 0.6) is 0 Å². The van der Waals surface area contributed by atoms with Gasteiger partial charge in [0.05, 0.1) is 27.3 Å². The number of pyridine rings is 1. The largest absolute Gasteiger partial charge is 0.417 e. The maximum Gasteiger partial charge on any atom is 0.417 e. The number of hydrogen-bond donors (Lipinski definition) is 1. The zero-order valence-corrected chi connectivity index (χ0v) is 18.7. The Bertz CT molecular complexity index is 1450. The van der Waals surface area contributed by atoms with Gasteiger partial charge in [-0.05, 0) is 56.0 Å². The average Bonchev–Trinajstić information content (AvgIpc) is 3.19. The third kappa shape index (κ3) is 3.04. The summed E-state index contributed by atoms with van der Waals surface area (Å²) in [4.78, 5) is 27.7. The SMILES string of the molecule is Cc1ccc(-n2cccn2)c(C(=O)N2CC[C@@H]3C[C@@]32c2nc3cc(C(F)(F)F)c(Cl)cc3[nH]2)n1. The number of carbonyl (C=O) groups excluding carboxylic acids is 1. The van der Waals surface area contributed by atoms with Crippen molar-refractivity contribution in [1.82, 2.24) is 29.6 Å². The van der Waals surface area contributed by atoms with Gasteiger partial charge in [0.15, 0.2) is 5.69 Å². The highest BCUT2D eigenvalue weighted by molar-refractivity contribution is 6.32. The van der Waals surface area contributed by atoms with Crippen molar-refractivity contribution in [3.05, 3.63) is 70.5 Å². The van der Waals surface area contributed by atoms with Gasteiger partial charge >= 0.3 is 6.18 Å². The number of aromatic amines is 1. The quantitative estimate of drug-likeness (QED) is 0.447. The number of likely N-dealkylation sites (tertiary alicyclic amines) is 1. The number of hydrogen-bond acceptors (Lipinski definition) is 4. The maximum atomic E-state index is 13.8. The van der Waals surface area contributed by atoms with E-state index in [9.17, 15) is 18.0 Å². The van der Waals surface area contributed by atoms with Crippen LogP contribution in [0.3, 0.4) is 0 Å². The summed E-state index contributed by atoms with van der Waals surface area (Å²) in [6.07, 6.45) is 0.239. The lowest BCUT2D eigenvalue weighted by Crippen LogP contribution is -2.40. The van der Waals surface area contributed by atoms with Crippen LogP contribution in [0, 0.1) is 12.8 Å². The minimum atomic E-state index is -4.58. The third-order valence-electron chi connectivity index (χ3n) is 6.75. The molecule has 0 bridgehead atoms. The molecule has 1 amide bonds. The van der Waals surface area contributed by atoms with Crippen LogP contribution in [-0.2, 0) is 11.7 Å². The van der Waals surface area contributed by atoms with Gasteiger partial charge in [-0.25, -0.2) is 14.6 Å². The summed E-state index contributed by atoms with van der Waals surface area (Å²) in [5.41, 5.74) is 0.457. The molecule has 34 heavy (non-hydrogen) atoms. The zero-order valence-electron chi connectivity index (χ0n) is 17.9. The first-order chi connectivity index (χ1) is 16.2. The molecule has 7 nitrogen and oxygen atoms in total. The number of H-pyrrole nitrogens is 1. The second kappa shape index (κ2) is 7.05. The summed E-state index contributed by atoms with van der Waals surface area (Å²) in [5.74, 6) is 0.387. The molecule has 3 aromatic heterocycles. The number of carbonyl (C=O) groups is 1. The Balaban J connectivity index is 1.42. The molecule has 1 N–H and O–H groups in total. The van der Waals surface area contributed by atoms with Gasteiger partial charge in [0, 0.05) is 24.6 Å². The molecule has 2 aliphatic rings. The van der Waals surface area contributed by atoms with Crippen molar-refractivity contribution < 1.29 is 18.0 Å². The van der Waals surface area contributed by atoms with Gasteiger partial charge < -0.3 is 9.88 Å². The van der Waals surface area contributed by atoms with E-state index in [0.717, 1.165) is 12.5 Å². The summed E-state index contributed by atoms with van der Waals surface area (Å²) in [7, 11) is 0. The Morgan fingerprint density at radius 2 is 2.09 bits per heavy atom. The van der Waals surface area contributed by atoms with Gasteiger partial charge in [0.25, 0.3) is 5.91 Å². The number of benzene rings is 1. The lowest BCUT2D eigenvalue weighted by atomic mass is 10.1. The van der Waals surface area contributed by atoms with E-state index in [1.165, 1.54) is 6.07 Å². The van der Waals surface area contributed by atoms with Crippen LogP contribution in [0.4, 0.5) is 13.2 Å².